The molecule has 0 atom stereocenters. The number of hydrogen-bond acceptors (Lipinski definition) is 5. The standard InChI is InChI=1S/C18H15FN2O5S/c19-13-1-3-14(4-2-13)27(23,24)20-10-12-7-11-8-16-17(26-6-5-25-16)9-15(11)21-18(12)22/h1-4,7-9,20H,5-6,10H2,(H,21,22). The lowest BCUT2D eigenvalue weighted by atomic mass is 10.1. The summed E-state index contributed by atoms with van der Waals surface area (Å²) in [7, 11) is -3.87. The van der Waals surface area contributed by atoms with Gasteiger partial charge in [-0.25, -0.2) is 17.5 Å². The molecule has 9 heteroatoms. The van der Waals surface area contributed by atoms with Crippen LogP contribution < -0.4 is 19.8 Å². The highest BCUT2D eigenvalue weighted by molar-refractivity contribution is 7.89. The number of aromatic amines is 1. The first-order chi connectivity index (χ1) is 12.9. The molecule has 4 rings (SSSR count). The van der Waals surface area contributed by atoms with Crippen molar-refractivity contribution in [3.05, 3.63) is 64.2 Å². The highest BCUT2D eigenvalue weighted by Gasteiger charge is 2.17. The Morgan fingerprint density at radius 3 is 2.41 bits per heavy atom. The molecule has 0 saturated carbocycles. The average Bonchev–Trinajstić information content (AvgIpc) is 2.65. The van der Waals surface area contributed by atoms with E-state index in [0.717, 1.165) is 24.3 Å². The lowest BCUT2D eigenvalue weighted by Crippen LogP contribution is -2.27. The van der Waals surface area contributed by atoms with E-state index in [9.17, 15) is 17.6 Å². The number of hydrogen-bond donors (Lipinski definition) is 2. The lowest BCUT2D eigenvalue weighted by molar-refractivity contribution is 0.172. The van der Waals surface area contributed by atoms with E-state index in [1.165, 1.54) is 0 Å². The van der Waals surface area contributed by atoms with Crippen molar-refractivity contribution in [1.82, 2.24) is 9.71 Å². The molecule has 0 radical (unpaired) electrons. The molecule has 0 aliphatic carbocycles. The minimum atomic E-state index is -3.87. The van der Waals surface area contributed by atoms with Crippen LogP contribution in [0.3, 0.4) is 0 Å². The molecule has 3 aromatic rings. The minimum Gasteiger partial charge on any atom is -0.486 e. The summed E-state index contributed by atoms with van der Waals surface area (Å²) in [5, 5.41) is 0.690. The normalized spacial score (nSPS) is 13.7. The second-order valence-electron chi connectivity index (χ2n) is 5.99. The van der Waals surface area contributed by atoms with Gasteiger partial charge in [-0.3, -0.25) is 4.79 Å². The molecule has 0 saturated heterocycles. The molecule has 0 fully saturated rings. The molecule has 2 N–H and O–H groups in total. The summed E-state index contributed by atoms with van der Waals surface area (Å²) in [6.45, 7) is 0.664. The summed E-state index contributed by atoms with van der Waals surface area (Å²) < 4.78 is 50.9. The first-order valence-electron chi connectivity index (χ1n) is 8.13. The van der Waals surface area contributed by atoms with E-state index in [-0.39, 0.29) is 17.0 Å². The third-order valence-electron chi connectivity index (χ3n) is 4.16. The Bertz CT molecular complexity index is 1170. The van der Waals surface area contributed by atoms with Gasteiger partial charge in [-0.15, -0.1) is 0 Å². The molecule has 7 nitrogen and oxygen atoms in total. The minimum absolute atomic E-state index is 0.0827. The first-order valence-corrected chi connectivity index (χ1v) is 9.61. The van der Waals surface area contributed by atoms with Crippen molar-refractivity contribution in [2.45, 2.75) is 11.4 Å². The molecule has 2 aromatic carbocycles. The Labute approximate surface area is 153 Å². The van der Waals surface area contributed by atoms with Gasteiger partial charge in [0.15, 0.2) is 11.5 Å². The number of ether oxygens (including phenoxy) is 2. The molecule has 0 spiro atoms. The van der Waals surface area contributed by atoms with Gasteiger partial charge in [0, 0.05) is 23.6 Å². The molecular weight excluding hydrogens is 375 g/mol. The van der Waals surface area contributed by atoms with Crippen molar-refractivity contribution in [3.8, 4) is 11.5 Å². The SMILES string of the molecule is O=c1[nH]c2cc3c(cc2cc1CNS(=O)(=O)c1ccc(F)cc1)OCCO3. The quantitative estimate of drug-likeness (QED) is 0.709. The molecule has 0 amide bonds. The van der Waals surface area contributed by atoms with Gasteiger partial charge in [0.2, 0.25) is 10.0 Å². The molecule has 1 aromatic heterocycles. The van der Waals surface area contributed by atoms with Crippen LogP contribution in [0.4, 0.5) is 4.39 Å². The van der Waals surface area contributed by atoms with Gasteiger partial charge in [-0.05, 0) is 36.4 Å². The fraction of sp³-hybridized carbons (Fsp3) is 0.167. The van der Waals surface area contributed by atoms with Gasteiger partial charge < -0.3 is 14.5 Å². The van der Waals surface area contributed by atoms with Gasteiger partial charge >= 0.3 is 0 Å². The summed E-state index contributed by atoms with van der Waals surface area (Å²) in [4.78, 5) is 14.9. The Balaban J connectivity index is 1.62. The first kappa shape index (κ1) is 17.5. The number of pyridine rings is 1. The molecular formula is C18H15FN2O5S. The second-order valence-corrected chi connectivity index (χ2v) is 7.75. The van der Waals surface area contributed by atoms with E-state index in [2.05, 4.69) is 9.71 Å². The third-order valence-corrected chi connectivity index (χ3v) is 5.58. The van der Waals surface area contributed by atoms with Gasteiger partial charge in [0.05, 0.1) is 10.4 Å². The zero-order valence-electron chi connectivity index (χ0n) is 14.0. The maximum absolute atomic E-state index is 13.0. The van der Waals surface area contributed by atoms with Crippen molar-refractivity contribution in [1.29, 1.82) is 0 Å². The van der Waals surface area contributed by atoms with Crippen LogP contribution in [0.2, 0.25) is 0 Å². The van der Waals surface area contributed by atoms with Gasteiger partial charge in [-0.2, -0.15) is 0 Å². The summed E-state index contributed by atoms with van der Waals surface area (Å²) >= 11 is 0. The van der Waals surface area contributed by atoms with Crippen molar-refractivity contribution in [3.63, 3.8) is 0 Å². The molecule has 0 unspecified atom stereocenters. The molecule has 1 aliphatic heterocycles. The monoisotopic (exact) mass is 390 g/mol. The molecule has 27 heavy (non-hydrogen) atoms. The topological polar surface area (TPSA) is 97.5 Å². The molecule has 0 bridgehead atoms. The average molecular weight is 390 g/mol. The molecule has 1 aliphatic rings. The van der Waals surface area contributed by atoms with Crippen LogP contribution in [0.15, 0.2) is 52.2 Å². The second kappa shape index (κ2) is 6.67. The van der Waals surface area contributed by atoms with Crippen LogP contribution in [0.5, 0.6) is 11.5 Å². The van der Waals surface area contributed by atoms with E-state index in [1.807, 2.05) is 0 Å². The molecule has 140 valence electrons. The van der Waals surface area contributed by atoms with E-state index in [0.29, 0.717) is 35.6 Å². The smallest absolute Gasteiger partial charge is 0.252 e. The van der Waals surface area contributed by atoms with E-state index in [4.69, 9.17) is 9.47 Å². The van der Waals surface area contributed by atoms with Crippen molar-refractivity contribution >= 4 is 20.9 Å². The van der Waals surface area contributed by atoms with Crippen LogP contribution in [0.25, 0.3) is 10.9 Å². The predicted molar refractivity (Wildman–Crippen MR) is 96.0 cm³/mol. The van der Waals surface area contributed by atoms with Crippen LogP contribution in [-0.4, -0.2) is 26.6 Å². The Morgan fingerprint density at radius 1 is 1.04 bits per heavy atom. The zero-order chi connectivity index (χ0) is 19.0. The van der Waals surface area contributed by atoms with Crippen molar-refractivity contribution in [2.24, 2.45) is 0 Å². The van der Waals surface area contributed by atoms with Crippen LogP contribution in [0, 0.1) is 5.82 Å². The van der Waals surface area contributed by atoms with Gasteiger partial charge in [0.25, 0.3) is 5.56 Å². The summed E-state index contributed by atoms with van der Waals surface area (Å²) in [6.07, 6.45) is 0. The summed E-state index contributed by atoms with van der Waals surface area (Å²) in [5.74, 6) is 0.585. The fourth-order valence-corrected chi connectivity index (χ4v) is 3.80. The Kier molecular flexibility index (Phi) is 4.33. The van der Waals surface area contributed by atoms with Gasteiger partial charge in [0.1, 0.15) is 19.0 Å². The summed E-state index contributed by atoms with van der Waals surface area (Å²) in [5.41, 5.74) is 0.389. The fourth-order valence-electron chi connectivity index (χ4n) is 2.79. The van der Waals surface area contributed by atoms with Crippen LogP contribution >= 0.6 is 0 Å². The van der Waals surface area contributed by atoms with E-state index in [1.54, 1.807) is 18.2 Å². The highest BCUT2D eigenvalue weighted by atomic mass is 32.2. The Morgan fingerprint density at radius 2 is 1.70 bits per heavy atom. The molecule has 2 heterocycles. The van der Waals surface area contributed by atoms with Crippen molar-refractivity contribution in [2.75, 3.05) is 13.2 Å². The van der Waals surface area contributed by atoms with E-state index < -0.39 is 21.4 Å². The van der Waals surface area contributed by atoms with Gasteiger partial charge in [-0.1, -0.05) is 0 Å². The third kappa shape index (κ3) is 3.51. The largest absolute Gasteiger partial charge is 0.486 e. The van der Waals surface area contributed by atoms with E-state index >= 15 is 0 Å². The predicted octanol–water partition coefficient (Wildman–Crippen LogP) is 1.92. The lowest BCUT2D eigenvalue weighted by Gasteiger charge is -2.18. The van der Waals surface area contributed by atoms with Crippen LogP contribution in [0.1, 0.15) is 5.56 Å². The number of rotatable bonds is 4. The van der Waals surface area contributed by atoms with Crippen LogP contribution in [-0.2, 0) is 16.6 Å². The zero-order valence-corrected chi connectivity index (χ0v) is 14.8. The highest BCUT2D eigenvalue weighted by Crippen LogP contribution is 2.33. The number of benzene rings is 2. The number of aromatic nitrogens is 1. The number of fused-ring (bicyclic) bond motifs is 2. The number of halogens is 1. The number of sulfonamides is 1. The van der Waals surface area contributed by atoms with Crippen molar-refractivity contribution < 1.29 is 22.3 Å². The maximum atomic E-state index is 13.0. The maximum Gasteiger partial charge on any atom is 0.252 e. The summed E-state index contributed by atoms with van der Waals surface area (Å²) in [6, 6.07) is 9.44. The number of nitrogens with one attached hydrogen (secondary N) is 2. The number of H-pyrrole nitrogens is 1. The Hall–Kier alpha value is -2.91.